The molecule has 2 rings (SSSR count). The molecule has 1 aliphatic rings. The molecule has 98 valence electrons. The van der Waals surface area contributed by atoms with Crippen molar-refractivity contribution in [3.8, 4) is 6.01 Å². The Bertz CT molecular complexity index is 412. The van der Waals surface area contributed by atoms with Crippen molar-refractivity contribution in [1.29, 1.82) is 0 Å². The highest BCUT2D eigenvalue weighted by atomic mass is 35.5. The van der Waals surface area contributed by atoms with Gasteiger partial charge in [0.1, 0.15) is 12.7 Å². The van der Waals surface area contributed by atoms with Crippen molar-refractivity contribution in [3.63, 3.8) is 0 Å². The van der Waals surface area contributed by atoms with E-state index in [0.717, 1.165) is 6.42 Å². The molecule has 1 fully saturated rings. The Hall–Kier alpha value is -1.40. The summed E-state index contributed by atoms with van der Waals surface area (Å²) in [5, 5.41) is 0.464. The van der Waals surface area contributed by atoms with Crippen molar-refractivity contribution in [3.05, 3.63) is 17.4 Å². The third-order valence-corrected chi connectivity index (χ3v) is 2.83. The highest BCUT2D eigenvalue weighted by molar-refractivity contribution is 6.30. The SMILES string of the molecule is COCC(=O)N1CCC(Oc2ncc(Cl)cn2)C1. The number of ether oxygens (including phenoxy) is 2. The van der Waals surface area contributed by atoms with E-state index >= 15 is 0 Å². The average molecular weight is 272 g/mol. The zero-order chi connectivity index (χ0) is 13.0. The molecule has 0 spiro atoms. The molecule has 0 radical (unpaired) electrons. The van der Waals surface area contributed by atoms with Crippen LogP contribution in [0.1, 0.15) is 6.42 Å². The monoisotopic (exact) mass is 271 g/mol. The number of carbonyl (C=O) groups excluding carboxylic acids is 1. The second-order valence-corrected chi connectivity index (χ2v) is 4.42. The number of hydrogen-bond acceptors (Lipinski definition) is 5. The molecule has 0 aromatic carbocycles. The van der Waals surface area contributed by atoms with Crippen LogP contribution in [0.2, 0.25) is 5.02 Å². The summed E-state index contributed by atoms with van der Waals surface area (Å²) >= 11 is 5.68. The predicted molar refractivity (Wildman–Crippen MR) is 64.5 cm³/mol. The molecule has 1 aromatic rings. The summed E-state index contributed by atoms with van der Waals surface area (Å²) < 4.78 is 10.4. The van der Waals surface area contributed by atoms with Gasteiger partial charge in [0.15, 0.2) is 0 Å². The van der Waals surface area contributed by atoms with Crippen molar-refractivity contribution < 1.29 is 14.3 Å². The van der Waals surface area contributed by atoms with Gasteiger partial charge in [0.05, 0.1) is 24.0 Å². The van der Waals surface area contributed by atoms with Crippen LogP contribution in [0.25, 0.3) is 0 Å². The lowest BCUT2D eigenvalue weighted by molar-refractivity contribution is -0.134. The summed E-state index contributed by atoms with van der Waals surface area (Å²) in [6.07, 6.45) is 3.65. The van der Waals surface area contributed by atoms with Crippen molar-refractivity contribution in [2.45, 2.75) is 12.5 Å². The minimum absolute atomic E-state index is 0.0272. The summed E-state index contributed by atoms with van der Waals surface area (Å²) in [6, 6.07) is 0.283. The van der Waals surface area contributed by atoms with Gasteiger partial charge >= 0.3 is 6.01 Å². The number of hydrogen-bond donors (Lipinski definition) is 0. The van der Waals surface area contributed by atoms with E-state index in [1.165, 1.54) is 19.5 Å². The number of likely N-dealkylation sites (tertiary alicyclic amines) is 1. The van der Waals surface area contributed by atoms with E-state index in [2.05, 4.69) is 9.97 Å². The first kappa shape index (κ1) is 13.0. The predicted octanol–water partition coefficient (Wildman–Crippen LogP) is 0.756. The third kappa shape index (κ3) is 3.30. The van der Waals surface area contributed by atoms with Crippen molar-refractivity contribution in [2.24, 2.45) is 0 Å². The van der Waals surface area contributed by atoms with Gasteiger partial charge in [0.2, 0.25) is 5.91 Å². The van der Waals surface area contributed by atoms with Gasteiger partial charge in [-0.1, -0.05) is 11.6 Å². The maximum absolute atomic E-state index is 11.6. The van der Waals surface area contributed by atoms with E-state index in [1.54, 1.807) is 4.90 Å². The van der Waals surface area contributed by atoms with Gasteiger partial charge in [-0.25, -0.2) is 9.97 Å². The second kappa shape index (κ2) is 5.97. The Balaban J connectivity index is 1.86. The maximum Gasteiger partial charge on any atom is 0.316 e. The average Bonchev–Trinajstić information content (AvgIpc) is 2.81. The standard InChI is InChI=1S/C11H14ClN3O3/c1-17-7-10(16)15-3-2-9(6-15)18-11-13-4-8(12)5-14-11/h4-5,9H,2-3,6-7H2,1H3. The number of rotatable bonds is 4. The molecule has 2 heterocycles. The fourth-order valence-electron chi connectivity index (χ4n) is 1.78. The topological polar surface area (TPSA) is 64.5 Å². The number of nitrogens with zero attached hydrogens (tertiary/aromatic N) is 3. The van der Waals surface area contributed by atoms with E-state index in [9.17, 15) is 4.79 Å². The van der Waals surface area contributed by atoms with E-state index in [-0.39, 0.29) is 24.6 Å². The second-order valence-electron chi connectivity index (χ2n) is 3.99. The van der Waals surface area contributed by atoms with Gasteiger partial charge in [-0.05, 0) is 0 Å². The Kier molecular flexibility index (Phi) is 4.33. The Morgan fingerprint density at radius 2 is 2.28 bits per heavy atom. The van der Waals surface area contributed by atoms with Crippen molar-refractivity contribution in [2.75, 3.05) is 26.8 Å². The fraction of sp³-hybridized carbons (Fsp3) is 0.545. The highest BCUT2D eigenvalue weighted by Crippen LogP contribution is 2.16. The van der Waals surface area contributed by atoms with Crippen LogP contribution in [0.5, 0.6) is 6.01 Å². The van der Waals surface area contributed by atoms with Crippen LogP contribution in [0.4, 0.5) is 0 Å². The first-order valence-electron chi connectivity index (χ1n) is 5.60. The molecule has 0 aliphatic carbocycles. The van der Waals surface area contributed by atoms with Gasteiger partial charge in [-0.3, -0.25) is 4.79 Å². The van der Waals surface area contributed by atoms with Crippen molar-refractivity contribution in [1.82, 2.24) is 14.9 Å². The summed E-state index contributed by atoms with van der Waals surface area (Å²) in [4.78, 5) is 21.2. The molecule has 0 bridgehead atoms. The fourth-order valence-corrected chi connectivity index (χ4v) is 1.87. The normalized spacial score (nSPS) is 19.0. The summed E-state index contributed by atoms with van der Waals surface area (Å²) in [5.74, 6) is -0.0272. The lowest BCUT2D eigenvalue weighted by atomic mass is 10.3. The van der Waals surface area contributed by atoms with Gasteiger partial charge in [-0.2, -0.15) is 0 Å². The molecule has 1 aliphatic heterocycles. The summed E-state index contributed by atoms with van der Waals surface area (Å²) in [6.45, 7) is 1.30. The Morgan fingerprint density at radius 3 is 2.94 bits per heavy atom. The number of methoxy groups -OCH3 is 1. The largest absolute Gasteiger partial charge is 0.458 e. The highest BCUT2D eigenvalue weighted by Gasteiger charge is 2.27. The van der Waals surface area contributed by atoms with E-state index in [4.69, 9.17) is 21.1 Å². The van der Waals surface area contributed by atoms with E-state index in [0.29, 0.717) is 18.1 Å². The summed E-state index contributed by atoms with van der Waals surface area (Å²) in [7, 11) is 1.50. The van der Waals surface area contributed by atoms with Crippen LogP contribution in [0.15, 0.2) is 12.4 Å². The van der Waals surface area contributed by atoms with Crippen LogP contribution >= 0.6 is 11.6 Å². The third-order valence-electron chi connectivity index (χ3n) is 2.63. The number of amides is 1. The van der Waals surface area contributed by atoms with Crippen LogP contribution in [-0.2, 0) is 9.53 Å². The van der Waals surface area contributed by atoms with E-state index < -0.39 is 0 Å². The van der Waals surface area contributed by atoms with Gasteiger partial charge in [0.25, 0.3) is 0 Å². The minimum atomic E-state index is -0.0769. The molecule has 1 unspecified atom stereocenters. The van der Waals surface area contributed by atoms with Crippen LogP contribution in [0, 0.1) is 0 Å². The first-order chi connectivity index (χ1) is 8.69. The maximum atomic E-state index is 11.6. The smallest absolute Gasteiger partial charge is 0.316 e. The van der Waals surface area contributed by atoms with Crippen LogP contribution < -0.4 is 4.74 Å². The molecular weight excluding hydrogens is 258 g/mol. The zero-order valence-corrected chi connectivity index (χ0v) is 10.8. The van der Waals surface area contributed by atoms with Crippen LogP contribution in [0.3, 0.4) is 0 Å². The molecule has 0 N–H and O–H groups in total. The summed E-state index contributed by atoms with van der Waals surface area (Å²) in [5.41, 5.74) is 0. The van der Waals surface area contributed by atoms with Crippen LogP contribution in [-0.4, -0.2) is 53.7 Å². The number of aromatic nitrogens is 2. The molecule has 7 heteroatoms. The Labute approximate surface area is 110 Å². The van der Waals surface area contributed by atoms with Gasteiger partial charge < -0.3 is 14.4 Å². The molecular formula is C11H14ClN3O3. The zero-order valence-electron chi connectivity index (χ0n) is 10.0. The molecule has 1 aromatic heterocycles. The number of halogens is 1. The quantitative estimate of drug-likeness (QED) is 0.809. The molecule has 0 saturated carbocycles. The van der Waals surface area contributed by atoms with Gasteiger partial charge in [-0.15, -0.1) is 0 Å². The lowest BCUT2D eigenvalue weighted by Gasteiger charge is -2.15. The molecule has 1 saturated heterocycles. The Morgan fingerprint density at radius 1 is 1.56 bits per heavy atom. The molecule has 1 atom stereocenters. The minimum Gasteiger partial charge on any atom is -0.458 e. The molecule has 18 heavy (non-hydrogen) atoms. The number of carbonyl (C=O) groups is 1. The van der Waals surface area contributed by atoms with Gasteiger partial charge in [0, 0.05) is 20.1 Å². The first-order valence-corrected chi connectivity index (χ1v) is 5.97. The van der Waals surface area contributed by atoms with E-state index in [1.807, 2.05) is 0 Å². The van der Waals surface area contributed by atoms with Crippen molar-refractivity contribution >= 4 is 17.5 Å². The molecule has 1 amide bonds. The molecule has 6 nitrogen and oxygen atoms in total. The lowest BCUT2D eigenvalue weighted by Crippen LogP contribution is -2.33.